The highest BCUT2D eigenvalue weighted by Gasteiger charge is 2.14. The van der Waals surface area contributed by atoms with Gasteiger partial charge in [0.15, 0.2) is 18.5 Å². The Morgan fingerprint density at radius 2 is 1.35 bits per heavy atom. The summed E-state index contributed by atoms with van der Waals surface area (Å²) in [6.07, 6.45) is 4.17. The molecule has 4 nitrogen and oxygen atoms in total. The fraction of sp³-hybridized carbons (Fsp3) is 0.0526. The highest BCUT2D eigenvalue weighted by atomic mass is 16.6. The molecule has 0 saturated heterocycles. The van der Waals surface area contributed by atoms with Gasteiger partial charge in [0.25, 0.3) is 0 Å². The van der Waals surface area contributed by atoms with Gasteiger partial charge in [0.1, 0.15) is 0 Å². The third-order valence-electron chi connectivity index (χ3n) is 3.40. The van der Waals surface area contributed by atoms with Crippen molar-refractivity contribution in [1.82, 2.24) is 0 Å². The highest BCUT2D eigenvalue weighted by molar-refractivity contribution is 5.78. The van der Waals surface area contributed by atoms with Gasteiger partial charge in [0.2, 0.25) is 0 Å². The molecule has 3 rings (SSSR count). The summed E-state index contributed by atoms with van der Waals surface area (Å²) in [6.45, 7) is 0. The zero-order valence-corrected chi connectivity index (χ0v) is 12.4. The van der Waals surface area contributed by atoms with Crippen LogP contribution in [0.25, 0.3) is 0 Å². The van der Waals surface area contributed by atoms with Gasteiger partial charge in [0.05, 0.1) is 6.21 Å². The maximum Gasteiger partial charge on any atom is 0.181 e. The van der Waals surface area contributed by atoms with Crippen LogP contribution < -0.4 is 4.73 Å². The maximum absolute atomic E-state index is 11.0. The van der Waals surface area contributed by atoms with Crippen molar-refractivity contribution in [2.45, 2.75) is 6.10 Å². The van der Waals surface area contributed by atoms with E-state index in [-0.39, 0.29) is 6.10 Å². The van der Waals surface area contributed by atoms with Gasteiger partial charge in [0, 0.05) is 17.7 Å². The van der Waals surface area contributed by atoms with Gasteiger partial charge in [-0.25, -0.2) is 0 Å². The lowest BCUT2D eigenvalue weighted by Gasteiger charge is -2.15. The molecule has 0 amide bonds. The minimum absolute atomic E-state index is 0.276. The van der Waals surface area contributed by atoms with Crippen molar-refractivity contribution in [2.24, 2.45) is 5.16 Å². The minimum Gasteiger partial charge on any atom is -0.619 e. The summed E-state index contributed by atoms with van der Waals surface area (Å²) >= 11 is 0. The van der Waals surface area contributed by atoms with E-state index in [4.69, 9.17) is 4.84 Å². The van der Waals surface area contributed by atoms with E-state index in [1.165, 1.54) is 12.4 Å². The Kier molecular flexibility index (Phi) is 4.64. The number of hydrogen-bond donors (Lipinski definition) is 0. The second kappa shape index (κ2) is 7.22. The Labute approximate surface area is 134 Å². The molecule has 4 heteroatoms. The van der Waals surface area contributed by atoms with Crippen LogP contribution in [0.5, 0.6) is 0 Å². The van der Waals surface area contributed by atoms with Gasteiger partial charge in [-0.2, -0.15) is 4.73 Å². The van der Waals surface area contributed by atoms with Crippen molar-refractivity contribution in [3.63, 3.8) is 0 Å². The van der Waals surface area contributed by atoms with Gasteiger partial charge in [-0.05, 0) is 11.1 Å². The van der Waals surface area contributed by atoms with Crippen LogP contribution in [0.1, 0.15) is 22.8 Å². The van der Waals surface area contributed by atoms with Crippen LogP contribution in [0.4, 0.5) is 0 Å². The van der Waals surface area contributed by atoms with Gasteiger partial charge in [-0.1, -0.05) is 65.8 Å². The Morgan fingerprint density at radius 3 is 1.87 bits per heavy atom. The van der Waals surface area contributed by atoms with Crippen molar-refractivity contribution in [3.05, 3.63) is 107 Å². The van der Waals surface area contributed by atoms with Crippen LogP contribution in [0.15, 0.2) is 90.3 Å². The zero-order chi connectivity index (χ0) is 15.9. The Bertz CT molecular complexity index is 717. The number of pyridine rings is 1. The van der Waals surface area contributed by atoms with Crippen LogP contribution in [0, 0.1) is 5.21 Å². The minimum atomic E-state index is -0.276. The molecular weight excluding hydrogens is 288 g/mol. The molecule has 0 bridgehead atoms. The van der Waals surface area contributed by atoms with Crippen molar-refractivity contribution < 1.29 is 9.57 Å². The Balaban J connectivity index is 1.81. The van der Waals surface area contributed by atoms with Crippen LogP contribution in [0.2, 0.25) is 0 Å². The molecule has 2 aromatic carbocycles. The first-order valence-corrected chi connectivity index (χ1v) is 7.31. The standard InChI is InChI=1S/C19H16N2O2/c22-21-13-11-16(12-14-21)15-20-23-19(17-7-3-1-4-8-17)18-9-5-2-6-10-18/h1-15,19H/b20-15+. The third-order valence-corrected chi connectivity index (χ3v) is 3.40. The zero-order valence-electron chi connectivity index (χ0n) is 12.4. The summed E-state index contributed by atoms with van der Waals surface area (Å²) < 4.78 is 0.731. The molecule has 0 aliphatic carbocycles. The molecule has 23 heavy (non-hydrogen) atoms. The van der Waals surface area contributed by atoms with Crippen molar-refractivity contribution >= 4 is 6.21 Å². The van der Waals surface area contributed by atoms with Gasteiger partial charge >= 0.3 is 0 Å². The molecule has 0 N–H and O–H groups in total. The summed E-state index contributed by atoms with van der Waals surface area (Å²) in [7, 11) is 0. The lowest BCUT2D eigenvalue weighted by Crippen LogP contribution is -2.23. The summed E-state index contributed by atoms with van der Waals surface area (Å²) in [4.78, 5) is 5.73. The summed E-state index contributed by atoms with van der Waals surface area (Å²) in [6, 6.07) is 23.2. The molecule has 0 aliphatic rings. The summed E-state index contributed by atoms with van der Waals surface area (Å²) in [5.74, 6) is 0. The molecule has 114 valence electrons. The second-order valence-corrected chi connectivity index (χ2v) is 5.03. The van der Waals surface area contributed by atoms with E-state index in [2.05, 4.69) is 5.16 Å². The maximum atomic E-state index is 11.0. The van der Waals surface area contributed by atoms with Crippen molar-refractivity contribution in [3.8, 4) is 0 Å². The number of aromatic nitrogens is 1. The number of rotatable bonds is 5. The predicted molar refractivity (Wildman–Crippen MR) is 88.8 cm³/mol. The molecule has 1 heterocycles. The van der Waals surface area contributed by atoms with E-state index >= 15 is 0 Å². The molecule has 0 unspecified atom stereocenters. The van der Waals surface area contributed by atoms with Crippen LogP contribution in [-0.4, -0.2) is 6.21 Å². The average Bonchev–Trinajstić information content (AvgIpc) is 2.62. The Morgan fingerprint density at radius 1 is 0.826 bits per heavy atom. The van der Waals surface area contributed by atoms with E-state index in [0.717, 1.165) is 21.4 Å². The molecule has 1 aromatic heterocycles. The van der Waals surface area contributed by atoms with Crippen LogP contribution >= 0.6 is 0 Å². The highest BCUT2D eigenvalue weighted by Crippen LogP contribution is 2.25. The van der Waals surface area contributed by atoms with Gasteiger partial charge in [-0.3, -0.25) is 0 Å². The first-order valence-electron chi connectivity index (χ1n) is 7.31. The largest absolute Gasteiger partial charge is 0.619 e. The van der Waals surface area contributed by atoms with Gasteiger partial charge < -0.3 is 10.0 Å². The topological polar surface area (TPSA) is 48.5 Å². The molecule has 0 aliphatic heterocycles. The molecule has 0 fully saturated rings. The normalized spacial score (nSPS) is 11.0. The third kappa shape index (κ3) is 3.95. The fourth-order valence-corrected chi connectivity index (χ4v) is 2.23. The van der Waals surface area contributed by atoms with Crippen LogP contribution in [-0.2, 0) is 4.84 Å². The second-order valence-electron chi connectivity index (χ2n) is 5.03. The fourth-order valence-electron chi connectivity index (χ4n) is 2.23. The SMILES string of the molecule is [O-][n+]1ccc(/C=N/OC(c2ccccc2)c2ccccc2)cc1. The first-order chi connectivity index (χ1) is 11.3. The van der Waals surface area contributed by atoms with Crippen molar-refractivity contribution in [1.29, 1.82) is 0 Å². The molecule has 0 spiro atoms. The van der Waals surface area contributed by atoms with E-state index in [0.29, 0.717) is 0 Å². The smallest absolute Gasteiger partial charge is 0.181 e. The lowest BCUT2D eigenvalue weighted by atomic mass is 10.0. The van der Waals surface area contributed by atoms with E-state index < -0.39 is 0 Å². The molecular formula is C19H16N2O2. The van der Waals surface area contributed by atoms with Crippen molar-refractivity contribution in [2.75, 3.05) is 0 Å². The summed E-state index contributed by atoms with van der Waals surface area (Å²) in [5.41, 5.74) is 2.86. The molecule has 3 aromatic rings. The molecule has 0 radical (unpaired) electrons. The van der Waals surface area contributed by atoms with E-state index in [1.54, 1.807) is 18.3 Å². The van der Waals surface area contributed by atoms with E-state index in [9.17, 15) is 5.21 Å². The monoisotopic (exact) mass is 304 g/mol. The predicted octanol–water partition coefficient (Wildman–Crippen LogP) is 3.46. The van der Waals surface area contributed by atoms with Crippen LogP contribution in [0.3, 0.4) is 0 Å². The number of benzene rings is 2. The molecule has 0 saturated carbocycles. The van der Waals surface area contributed by atoms with E-state index in [1.807, 2.05) is 60.7 Å². The number of nitrogens with zero attached hydrogens (tertiary/aromatic N) is 2. The quantitative estimate of drug-likeness (QED) is 0.314. The Hall–Kier alpha value is -3.14. The average molecular weight is 304 g/mol. The summed E-state index contributed by atoms with van der Waals surface area (Å²) in [5, 5.41) is 15.1. The lowest BCUT2D eigenvalue weighted by molar-refractivity contribution is -0.605. The first kappa shape index (κ1) is 14.8. The molecule has 0 atom stereocenters. The number of hydrogen-bond acceptors (Lipinski definition) is 3. The number of oxime groups is 1. The van der Waals surface area contributed by atoms with Gasteiger partial charge in [-0.15, -0.1) is 0 Å².